The van der Waals surface area contributed by atoms with E-state index in [-0.39, 0.29) is 0 Å². The van der Waals surface area contributed by atoms with Gasteiger partial charge in [0.2, 0.25) is 0 Å². The van der Waals surface area contributed by atoms with Gasteiger partial charge in [-0.25, -0.2) is 0 Å². The fourth-order valence-corrected chi connectivity index (χ4v) is 6.88. The van der Waals surface area contributed by atoms with Crippen LogP contribution < -0.4 is 0 Å². The smallest absolute Gasteiger partial charge is 0.304 e. The maximum Gasteiger partial charge on any atom is 0.304 e. The molecule has 0 aromatic heterocycles. The molecule has 0 amide bonds. The molecule has 50 heavy (non-hydrogen) atoms. The monoisotopic (exact) mass is 677 g/mol. The molecule has 0 unspecified atom stereocenters. The third kappa shape index (κ3) is 18.8. The normalized spacial score (nSPS) is 11.4. The molecule has 274 valence electrons. The van der Waals surface area contributed by atoms with E-state index < -0.39 is 0 Å². The lowest BCUT2D eigenvalue weighted by Gasteiger charge is -2.16. The van der Waals surface area contributed by atoms with Crippen molar-refractivity contribution in [2.45, 2.75) is 195 Å². The van der Waals surface area contributed by atoms with E-state index >= 15 is 0 Å². The average molecular weight is 677 g/mol. The summed E-state index contributed by atoms with van der Waals surface area (Å²) < 4.78 is 0. The van der Waals surface area contributed by atoms with Crippen LogP contribution in [0.25, 0.3) is 11.1 Å². The Morgan fingerprint density at radius 2 is 0.980 bits per heavy atom. The fraction of sp³-hybridized carbons (Fsp3) is 0.625. The Morgan fingerprint density at radius 3 is 1.48 bits per heavy atom. The largest absolute Gasteiger partial charge is 0.348 e. The number of hydrogen-bond donors (Lipinski definition) is 0. The Bertz CT molecular complexity index is 1360. The van der Waals surface area contributed by atoms with Crippen molar-refractivity contribution < 1.29 is 4.79 Å². The summed E-state index contributed by atoms with van der Waals surface area (Å²) in [6.07, 6.45) is 32.1. The summed E-state index contributed by atoms with van der Waals surface area (Å²) in [7, 11) is 0. The van der Waals surface area contributed by atoms with Crippen LogP contribution in [0.2, 0.25) is 0 Å². The first kappa shape index (κ1) is 43.1. The second-order valence-corrected chi connectivity index (χ2v) is 14.5. The topological polar surface area (TPSA) is 36.4 Å². The van der Waals surface area contributed by atoms with Gasteiger partial charge in [-0.05, 0) is 67.2 Å². The number of nitrogens with zero attached hydrogens (tertiary/aromatic N) is 2. The van der Waals surface area contributed by atoms with Crippen molar-refractivity contribution in [1.82, 2.24) is 0 Å². The highest BCUT2D eigenvalue weighted by atomic mass is 14.8. The summed E-state index contributed by atoms with van der Waals surface area (Å²) in [6.45, 7) is 9.05. The summed E-state index contributed by atoms with van der Waals surface area (Å²) in [5.41, 5.74) is 18.0. The van der Waals surface area contributed by atoms with E-state index in [0.717, 1.165) is 61.7 Å². The predicted molar refractivity (Wildman–Crippen MR) is 220 cm³/mol. The molecule has 0 spiro atoms. The molecular formula is C48H72N2. The zero-order valence-corrected chi connectivity index (χ0v) is 32.9. The molecule has 2 rings (SSSR count). The third-order valence-corrected chi connectivity index (χ3v) is 9.96. The molecule has 0 aliphatic rings. The molecule has 2 nitrogen and oxygen atoms in total. The number of hydrogen-bond acceptors (Lipinski definition) is 0. The van der Waals surface area contributed by atoms with Gasteiger partial charge in [-0.3, -0.25) is 0 Å². The van der Waals surface area contributed by atoms with Crippen LogP contribution in [0.4, 0.5) is 0 Å². The number of unbranched alkanes of at least 4 members (excludes halogenated alkanes) is 19. The van der Waals surface area contributed by atoms with Crippen molar-refractivity contribution in [1.29, 1.82) is 0 Å². The third-order valence-electron chi connectivity index (χ3n) is 9.96. The second-order valence-electron chi connectivity index (χ2n) is 14.5. The van der Waals surface area contributed by atoms with Gasteiger partial charge in [-0.15, -0.1) is 4.79 Å². The van der Waals surface area contributed by atoms with Gasteiger partial charge in [0.1, 0.15) is 0 Å². The van der Waals surface area contributed by atoms with Crippen LogP contribution in [0, 0.1) is 11.8 Å². The first-order valence-corrected chi connectivity index (χ1v) is 21.1. The lowest BCUT2D eigenvalue weighted by molar-refractivity contribution is 0.00743. The van der Waals surface area contributed by atoms with Crippen LogP contribution in [-0.2, 0) is 12.8 Å². The van der Waals surface area contributed by atoms with E-state index in [0.29, 0.717) is 0 Å². The standard InChI is InChI=1S/C48H72N2/c1-5-9-13-15-17-18-19-20-21-22-23-25-28-38-47(46(41-50-49)35-12-8-4)48(44-36-29-33-42(39-44)31-26-11-7-3)45-37-30-34-43(40-45)32-27-24-16-14-10-6-2/h29-30,33-34,36-37,39-40H,5-27,31-32,35H2,1-4H3. The summed E-state index contributed by atoms with van der Waals surface area (Å²) in [5.74, 6) is 10.3. The molecule has 0 heterocycles. The van der Waals surface area contributed by atoms with Crippen LogP contribution in [0.3, 0.4) is 0 Å². The van der Waals surface area contributed by atoms with Crippen molar-refractivity contribution in [2.24, 2.45) is 0 Å². The molecule has 2 heteroatoms. The average Bonchev–Trinajstić information content (AvgIpc) is 3.13. The highest BCUT2D eigenvalue weighted by molar-refractivity contribution is 5.90. The Kier molecular flexibility index (Phi) is 25.5. The van der Waals surface area contributed by atoms with Gasteiger partial charge >= 0.3 is 5.87 Å². The molecular weight excluding hydrogens is 605 g/mol. The van der Waals surface area contributed by atoms with Crippen molar-refractivity contribution in [3.63, 3.8) is 0 Å². The van der Waals surface area contributed by atoms with Crippen molar-refractivity contribution in [3.05, 3.63) is 87.5 Å². The Morgan fingerprint density at radius 1 is 0.540 bits per heavy atom. The van der Waals surface area contributed by atoms with Gasteiger partial charge in [0.05, 0.1) is 11.1 Å². The summed E-state index contributed by atoms with van der Waals surface area (Å²) in [6, 6.07) is 18.3. The van der Waals surface area contributed by atoms with Gasteiger partial charge < -0.3 is 5.53 Å². The molecule has 0 bridgehead atoms. The lowest BCUT2D eigenvalue weighted by atomic mass is 9.86. The minimum absolute atomic E-state index is 0.792. The summed E-state index contributed by atoms with van der Waals surface area (Å²) in [5, 5.41) is 0. The first-order valence-electron chi connectivity index (χ1n) is 21.1. The predicted octanol–water partition coefficient (Wildman–Crippen LogP) is 14.8. The summed E-state index contributed by atoms with van der Waals surface area (Å²) >= 11 is 0. The van der Waals surface area contributed by atoms with Gasteiger partial charge in [-0.2, -0.15) is 0 Å². The molecule has 2 aromatic rings. The van der Waals surface area contributed by atoms with Crippen LogP contribution >= 0.6 is 0 Å². The highest BCUT2D eigenvalue weighted by Crippen LogP contribution is 2.33. The van der Waals surface area contributed by atoms with Crippen LogP contribution in [0.1, 0.15) is 204 Å². The quantitative estimate of drug-likeness (QED) is 0.0215. The van der Waals surface area contributed by atoms with E-state index in [1.165, 1.54) is 144 Å². The van der Waals surface area contributed by atoms with Gasteiger partial charge in [0.15, 0.2) is 0 Å². The highest BCUT2D eigenvalue weighted by Gasteiger charge is 2.18. The number of benzene rings is 2. The number of aryl methyl sites for hydroxylation is 2. The van der Waals surface area contributed by atoms with Crippen LogP contribution in [0.15, 0.2) is 59.7 Å². The number of rotatable bonds is 28. The molecule has 0 radical (unpaired) electrons. The van der Waals surface area contributed by atoms with Gasteiger partial charge in [0.25, 0.3) is 0 Å². The summed E-state index contributed by atoms with van der Waals surface area (Å²) in [4.78, 5) is 3.46. The molecule has 0 saturated heterocycles. The maximum absolute atomic E-state index is 9.80. The lowest BCUT2D eigenvalue weighted by Crippen LogP contribution is -2.01. The zero-order chi connectivity index (χ0) is 35.9. The first-order chi connectivity index (χ1) is 24.7. The van der Waals surface area contributed by atoms with Crippen LogP contribution in [0.5, 0.6) is 0 Å². The SMILES string of the molecule is CCCCCCCCCCCCCC#CC(C(=C=[N+]=[N-])CCCC)=C(c1cccc(CCCCC)c1)c1cccc(CCCCCCCC)c1. The Labute approximate surface area is 309 Å². The van der Waals surface area contributed by atoms with Gasteiger partial charge in [-0.1, -0.05) is 204 Å². The van der Waals surface area contributed by atoms with Crippen molar-refractivity contribution in [2.75, 3.05) is 0 Å². The maximum atomic E-state index is 9.80. The second kappa shape index (κ2) is 29.6. The Hall–Kier alpha value is -3.10. The molecule has 0 saturated carbocycles. The molecule has 0 aliphatic heterocycles. The molecule has 0 fully saturated rings. The fourth-order valence-electron chi connectivity index (χ4n) is 6.88. The van der Waals surface area contributed by atoms with E-state index in [1.807, 2.05) is 0 Å². The minimum Gasteiger partial charge on any atom is -0.348 e. The molecule has 0 atom stereocenters. The van der Waals surface area contributed by atoms with E-state index in [2.05, 4.69) is 98.7 Å². The molecule has 2 aromatic carbocycles. The van der Waals surface area contributed by atoms with Crippen LogP contribution in [-0.4, -0.2) is 10.7 Å². The van der Waals surface area contributed by atoms with E-state index in [9.17, 15) is 5.53 Å². The molecule has 0 aliphatic carbocycles. The van der Waals surface area contributed by atoms with Gasteiger partial charge in [0, 0.05) is 12.0 Å². The van der Waals surface area contributed by atoms with E-state index in [4.69, 9.17) is 0 Å². The van der Waals surface area contributed by atoms with Crippen molar-refractivity contribution >= 4 is 11.4 Å². The minimum atomic E-state index is 0.792. The number of allylic oxidation sites excluding steroid dienone is 2. The molecule has 0 N–H and O–H groups in total. The zero-order valence-electron chi connectivity index (χ0n) is 32.9. The van der Waals surface area contributed by atoms with E-state index in [1.54, 1.807) is 0 Å². The Balaban J connectivity index is 2.41. The van der Waals surface area contributed by atoms with Crippen molar-refractivity contribution in [3.8, 4) is 11.8 Å².